The van der Waals surface area contributed by atoms with Gasteiger partial charge in [0.05, 0.1) is 11.4 Å². The fourth-order valence-corrected chi connectivity index (χ4v) is 1.03. The zero-order valence-corrected chi connectivity index (χ0v) is 11.1. The Morgan fingerprint density at radius 1 is 0.684 bits per heavy atom. The molecule has 2 aromatic heterocycles. The Morgan fingerprint density at radius 2 is 1.00 bits per heavy atom. The third-order valence-corrected chi connectivity index (χ3v) is 1.59. The molecule has 2 rings (SSSR count). The van der Waals surface area contributed by atoms with Crippen molar-refractivity contribution in [3.63, 3.8) is 0 Å². The maximum Gasteiger partial charge on any atom is 2.00 e. The van der Waals surface area contributed by atoms with Gasteiger partial charge in [-0.25, -0.2) is 0 Å². The maximum atomic E-state index is 6.75. The van der Waals surface area contributed by atoms with Gasteiger partial charge in [-0.1, -0.05) is 12.1 Å². The summed E-state index contributed by atoms with van der Waals surface area (Å²) in [5, 5.41) is 0. The minimum Gasteiger partial charge on any atom is -0.373 e. The molecule has 8 nitrogen and oxygen atoms in total. The number of hydrogen-bond acceptors (Lipinski definition) is 2. The van der Waals surface area contributed by atoms with E-state index in [0.717, 1.165) is 11.4 Å². The average Bonchev–Trinajstić information content (AvgIpc) is 2.43. The molecule has 0 amide bonds. The summed E-state index contributed by atoms with van der Waals surface area (Å²) in [4.78, 5) is 11.4. The fraction of sp³-hybridized carbons (Fsp3) is 0. The van der Waals surface area contributed by atoms with Crippen molar-refractivity contribution in [2.45, 2.75) is 0 Å². The molecule has 0 fully saturated rings. The minimum atomic E-state index is 0. The third-order valence-electron chi connectivity index (χ3n) is 1.59. The zero-order chi connectivity index (χ0) is 13.6. The molecule has 9 heteroatoms. The van der Waals surface area contributed by atoms with E-state index in [4.69, 9.17) is 22.1 Å². The molecule has 19 heavy (non-hydrogen) atoms. The van der Waals surface area contributed by atoms with Crippen LogP contribution in [0.4, 0.5) is 0 Å². The summed E-state index contributed by atoms with van der Waals surface area (Å²) in [6.07, 6.45) is 3.54. The quantitative estimate of drug-likeness (QED) is 0.334. The van der Waals surface area contributed by atoms with Crippen molar-refractivity contribution in [1.29, 1.82) is 0 Å². The van der Waals surface area contributed by atoms with Gasteiger partial charge < -0.3 is 22.1 Å². The first-order chi connectivity index (χ1) is 8.79. The Balaban J connectivity index is 0. The second kappa shape index (κ2) is 13.6. The number of hydrogen-bond donors (Lipinski definition) is 0. The first kappa shape index (κ1) is 18.9. The fourth-order valence-electron chi connectivity index (χ4n) is 1.03. The van der Waals surface area contributed by atoms with Gasteiger partial charge in [0.25, 0.3) is 0 Å². The summed E-state index contributed by atoms with van der Waals surface area (Å²) >= 11 is 0. The Bertz CT molecular complexity index is 454. The molecule has 0 bridgehead atoms. The number of pyridine rings is 2. The smallest absolute Gasteiger partial charge is 0.373 e. The van der Waals surface area contributed by atoms with E-state index in [9.17, 15) is 0 Å². The van der Waals surface area contributed by atoms with E-state index in [1.807, 2.05) is 36.4 Å². The van der Waals surface area contributed by atoms with Crippen LogP contribution in [0.25, 0.3) is 43.3 Å². The van der Waals surface area contributed by atoms with Crippen molar-refractivity contribution in [2.75, 3.05) is 0 Å². The van der Waals surface area contributed by atoms with E-state index >= 15 is 0 Å². The molecule has 0 saturated heterocycles. The molecule has 0 radical (unpaired) electrons. The molecule has 0 unspecified atom stereocenters. The van der Waals surface area contributed by atoms with Gasteiger partial charge in [-0.3, -0.25) is 19.8 Å². The van der Waals surface area contributed by atoms with Crippen LogP contribution in [0.2, 0.25) is 0 Å². The van der Waals surface area contributed by atoms with Crippen LogP contribution < -0.4 is 0 Å². The van der Waals surface area contributed by atoms with Crippen LogP contribution in [0, 0.1) is 0 Å². The molecule has 2 heterocycles. The summed E-state index contributed by atoms with van der Waals surface area (Å²) in [7, 11) is 0. The molecule has 2 aromatic rings. The molecule has 0 atom stereocenters. The normalized spacial score (nSPS) is 6.95. The maximum absolute atomic E-state index is 6.75. The molecule has 98 valence electrons. The largest absolute Gasteiger partial charge is 2.00 e. The summed E-state index contributed by atoms with van der Waals surface area (Å²) in [5.74, 6) is 0. The number of nitrogens with zero attached hydrogens (tertiary/aromatic N) is 8. The molecule has 0 aliphatic heterocycles. The molecular formula is C10H8N8Pd. The van der Waals surface area contributed by atoms with Crippen LogP contribution >= 0.6 is 0 Å². The summed E-state index contributed by atoms with van der Waals surface area (Å²) in [6.45, 7) is 0. The Labute approximate surface area is 123 Å². The molecule has 0 aliphatic rings. The summed E-state index contributed by atoms with van der Waals surface area (Å²) in [6, 6.07) is 11.6. The van der Waals surface area contributed by atoms with Gasteiger partial charge in [0.2, 0.25) is 0 Å². The van der Waals surface area contributed by atoms with Gasteiger partial charge in [-0.05, 0) is 24.3 Å². The Kier molecular flexibility index (Phi) is 13.6. The molecule has 0 aliphatic carbocycles. The monoisotopic (exact) mass is 346 g/mol. The number of aromatic nitrogens is 2. The zero-order valence-electron chi connectivity index (χ0n) is 9.51. The molecule has 0 N–H and O–H groups in total. The van der Waals surface area contributed by atoms with E-state index in [-0.39, 0.29) is 20.4 Å². The van der Waals surface area contributed by atoms with Crippen molar-refractivity contribution < 1.29 is 20.4 Å². The Morgan fingerprint density at radius 3 is 1.21 bits per heavy atom. The van der Waals surface area contributed by atoms with Crippen molar-refractivity contribution in [3.05, 3.63) is 80.7 Å². The first-order valence-electron chi connectivity index (χ1n) is 4.59. The van der Waals surface area contributed by atoms with Crippen molar-refractivity contribution in [3.8, 4) is 11.4 Å². The van der Waals surface area contributed by atoms with Gasteiger partial charge >= 0.3 is 20.4 Å². The molecule has 0 saturated carbocycles. The van der Waals surface area contributed by atoms with Crippen LogP contribution in [0.15, 0.2) is 48.8 Å². The molecule has 0 spiro atoms. The van der Waals surface area contributed by atoms with E-state index in [1.165, 1.54) is 9.82 Å². The van der Waals surface area contributed by atoms with Crippen molar-refractivity contribution in [2.24, 2.45) is 0 Å². The van der Waals surface area contributed by atoms with Crippen LogP contribution in [0.3, 0.4) is 0 Å². The first-order valence-corrected chi connectivity index (χ1v) is 4.59. The van der Waals surface area contributed by atoms with Crippen LogP contribution in [0.5, 0.6) is 0 Å². The number of rotatable bonds is 1. The predicted octanol–water partition coefficient (Wildman–Crippen LogP) is 3.87. The van der Waals surface area contributed by atoms with Crippen LogP contribution in [-0.2, 0) is 20.4 Å². The second-order valence-electron chi connectivity index (χ2n) is 2.61. The van der Waals surface area contributed by atoms with E-state index in [1.54, 1.807) is 12.4 Å². The minimum absolute atomic E-state index is 0. The standard InChI is InChI=1S/C10H8N2.2N3.Pd/c1-3-7-11-9(5-1)10-6-2-4-8-12-10;2*1-3-2;/h1-8H;;;/q;2*-1;+2. The molecule has 0 aromatic carbocycles. The van der Waals surface area contributed by atoms with E-state index < -0.39 is 0 Å². The van der Waals surface area contributed by atoms with E-state index in [2.05, 4.69) is 9.97 Å². The van der Waals surface area contributed by atoms with Gasteiger partial charge in [-0.2, -0.15) is 0 Å². The van der Waals surface area contributed by atoms with Gasteiger partial charge in [0, 0.05) is 12.4 Å². The molecular weight excluding hydrogens is 339 g/mol. The summed E-state index contributed by atoms with van der Waals surface area (Å²) in [5.41, 5.74) is 28.8. The predicted molar refractivity (Wildman–Crippen MR) is 67.6 cm³/mol. The van der Waals surface area contributed by atoms with Crippen LogP contribution in [0.1, 0.15) is 0 Å². The van der Waals surface area contributed by atoms with Gasteiger partial charge in [0.1, 0.15) is 0 Å². The SMILES string of the molecule is [N-]=[N+]=[N-].[N-]=[N+]=[N-].[Pd+2].c1ccc(-c2ccccn2)nc1. The van der Waals surface area contributed by atoms with E-state index in [0.29, 0.717) is 0 Å². The average molecular weight is 347 g/mol. The van der Waals surface area contributed by atoms with Gasteiger partial charge in [-0.15, -0.1) is 0 Å². The third kappa shape index (κ3) is 9.30. The Hall–Kier alpha value is -2.42. The van der Waals surface area contributed by atoms with Gasteiger partial charge in [0.15, 0.2) is 0 Å². The van der Waals surface area contributed by atoms with Crippen LogP contribution in [-0.4, -0.2) is 9.97 Å². The van der Waals surface area contributed by atoms with Crippen molar-refractivity contribution >= 4 is 0 Å². The topological polar surface area (TPSA) is 143 Å². The summed E-state index contributed by atoms with van der Waals surface area (Å²) < 4.78 is 0. The van der Waals surface area contributed by atoms with Crippen molar-refractivity contribution in [1.82, 2.24) is 9.97 Å². The second-order valence-corrected chi connectivity index (χ2v) is 2.61.